The van der Waals surface area contributed by atoms with Crippen molar-refractivity contribution >= 4 is 0 Å². The predicted octanol–water partition coefficient (Wildman–Crippen LogP) is 4.86. The SMILES string of the molecule is C[C@H](CN1CC(OCC(F)(F)F)C1)[C@H]1CC[C@H]2/C(=C/C=C3C[C@@H](O)C[C@H](O)C3)CCC[C@]12C. The van der Waals surface area contributed by atoms with Crippen LogP contribution in [-0.4, -0.2) is 65.8 Å². The molecule has 0 aromatic carbocycles. The van der Waals surface area contributed by atoms with E-state index in [9.17, 15) is 23.4 Å². The molecule has 4 rings (SSSR count). The van der Waals surface area contributed by atoms with Crippen LogP contribution in [0.3, 0.4) is 0 Å². The van der Waals surface area contributed by atoms with Crippen molar-refractivity contribution < 1.29 is 28.1 Å². The molecule has 0 aromatic heterocycles. The first-order valence-corrected chi connectivity index (χ1v) is 12.7. The van der Waals surface area contributed by atoms with Gasteiger partial charge >= 0.3 is 6.18 Å². The van der Waals surface area contributed by atoms with Crippen molar-refractivity contribution in [3.8, 4) is 0 Å². The Balaban J connectivity index is 1.33. The second-order valence-corrected chi connectivity index (χ2v) is 11.4. The van der Waals surface area contributed by atoms with Gasteiger partial charge in [-0.2, -0.15) is 13.2 Å². The van der Waals surface area contributed by atoms with E-state index in [0.29, 0.717) is 50.1 Å². The van der Waals surface area contributed by atoms with Gasteiger partial charge in [-0.15, -0.1) is 0 Å². The van der Waals surface area contributed by atoms with E-state index < -0.39 is 25.0 Å². The molecule has 4 aliphatic rings. The normalized spacial score (nSPS) is 38.3. The van der Waals surface area contributed by atoms with Gasteiger partial charge in [-0.3, -0.25) is 4.90 Å². The lowest BCUT2D eigenvalue weighted by molar-refractivity contribution is -0.200. The average molecular weight is 472 g/mol. The summed E-state index contributed by atoms with van der Waals surface area (Å²) in [6.07, 6.45) is 6.76. The molecular formula is C26H40F3NO3. The Morgan fingerprint density at radius 3 is 2.52 bits per heavy atom. The highest BCUT2D eigenvalue weighted by Gasteiger charge is 2.51. The molecule has 0 aromatic rings. The molecular weight excluding hydrogens is 431 g/mol. The summed E-state index contributed by atoms with van der Waals surface area (Å²) in [6, 6.07) is 0. The number of ether oxygens (including phenoxy) is 1. The Morgan fingerprint density at radius 2 is 1.85 bits per heavy atom. The molecule has 0 spiro atoms. The van der Waals surface area contributed by atoms with Gasteiger partial charge in [0.2, 0.25) is 0 Å². The summed E-state index contributed by atoms with van der Waals surface area (Å²) < 4.78 is 42.0. The van der Waals surface area contributed by atoms with Gasteiger partial charge in [0.15, 0.2) is 0 Å². The molecule has 3 saturated carbocycles. The number of hydrogen-bond donors (Lipinski definition) is 2. The number of likely N-dealkylation sites (tertiary alicyclic amines) is 1. The zero-order valence-electron chi connectivity index (χ0n) is 20.0. The van der Waals surface area contributed by atoms with E-state index in [4.69, 9.17) is 4.74 Å². The number of allylic oxidation sites excluding steroid dienone is 3. The van der Waals surface area contributed by atoms with Gasteiger partial charge in [0, 0.05) is 19.6 Å². The number of rotatable bonds is 6. The number of hydrogen-bond acceptors (Lipinski definition) is 4. The third-order valence-corrected chi connectivity index (χ3v) is 8.75. The summed E-state index contributed by atoms with van der Waals surface area (Å²) >= 11 is 0. The van der Waals surface area contributed by atoms with Crippen LogP contribution in [0.4, 0.5) is 13.2 Å². The highest BCUT2D eigenvalue weighted by atomic mass is 19.4. The number of alkyl halides is 3. The molecule has 33 heavy (non-hydrogen) atoms. The van der Waals surface area contributed by atoms with E-state index in [1.807, 2.05) is 0 Å². The van der Waals surface area contributed by atoms with Gasteiger partial charge in [0.25, 0.3) is 0 Å². The smallest absolute Gasteiger partial charge is 0.393 e. The van der Waals surface area contributed by atoms with Crippen LogP contribution in [0.5, 0.6) is 0 Å². The second-order valence-electron chi connectivity index (χ2n) is 11.4. The van der Waals surface area contributed by atoms with Gasteiger partial charge < -0.3 is 14.9 Å². The Hall–Kier alpha value is -0.890. The topological polar surface area (TPSA) is 52.9 Å². The largest absolute Gasteiger partial charge is 0.411 e. The first-order valence-electron chi connectivity index (χ1n) is 12.7. The van der Waals surface area contributed by atoms with E-state index in [1.54, 1.807) is 0 Å². The van der Waals surface area contributed by atoms with Crippen molar-refractivity contribution in [1.29, 1.82) is 0 Å². The lowest BCUT2D eigenvalue weighted by Crippen LogP contribution is -2.55. The Morgan fingerprint density at radius 1 is 1.15 bits per heavy atom. The van der Waals surface area contributed by atoms with E-state index in [-0.39, 0.29) is 11.5 Å². The number of aliphatic hydroxyl groups is 2. The van der Waals surface area contributed by atoms with E-state index in [2.05, 4.69) is 30.9 Å². The molecule has 0 amide bonds. The molecule has 0 radical (unpaired) electrons. The zero-order valence-corrected chi connectivity index (χ0v) is 20.0. The van der Waals surface area contributed by atoms with Crippen molar-refractivity contribution in [3.63, 3.8) is 0 Å². The Kier molecular flexibility index (Phi) is 7.64. The maximum absolute atomic E-state index is 12.3. The van der Waals surface area contributed by atoms with E-state index in [1.165, 1.54) is 31.3 Å². The van der Waals surface area contributed by atoms with Crippen molar-refractivity contribution in [1.82, 2.24) is 4.90 Å². The highest BCUT2D eigenvalue weighted by molar-refractivity contribution is 5.26. The molecule has 1 aliphatic heterocycles. The minimum Gasteiger partial charge on any atom is -0.393 e. The van der Waals surface area contributed by atoms with Gasteiger partial charge in [-0.05, 0) is 74.5 Å². The fraction of sp³-hybridized carbons (Fsp3) is 0.846. The monoisotopic (exact) mass is 471 g/mol. The maximum atomic E-state index is 12.3. The Bertz CT molecular complexity index is 734. The van der Waals surface area contributed by atoms with Crippen LogP contribution >= 0.6 is 0 Å². The van der Waals surface area contributed by atoms with Gasteiger partial charge in [-0.25, -0.2) is 0 Å². The first kappa shape index (κ1) is 25.2. The first-order chi connectivity index (χ1) is 15.5. The quantitative estimate of drug-likeness (QED) is 0.581. The average Bonchev–Trinajstić information content (AvgIpc) is 3.04. The predicted molar refractivity (Wildman–Crippen MR) is 122 cm³/mol. The number of fused-ring (bicyclic) bond motifs is 1. The molecule has 6 atom stereocenters. The molecule has 0 unspecified atom stereocenters. The molecule has 7 heteroatoms. The van der Waals surface area contributed by atoms with Crippen molar-refractivity contribution in [2.75, 3.05) is 26.2 Å². The zero-order chi connectivity index (χ0) is 23.8. The number of halogens is 3. The van der Waals surface area contributed by atoms with Crippen LogP contribution in [-0.2, 0) is 4.74 Å². The standard InChI is InChI=1S/C26H40F3NO3/c1-17(13-30-14-22(15-30)33-16-26(27,28)29)23-7-8-24-19(4-3-9-25(23,24)2)6-5-18-10-20(31)12-21(32)11-18/h5-6,17,20-24,31-32H,3-4,7-16H2,1-2H3/b19-6+/t17-,20-,21-,23-,24+,25-/m1/s1. The summed E-state index contributed by atoms with van der Waals surface area (Å²) in [5, 5.41) is 19.9. The van der Waals surface area contributed by atoms with Crippen molar-refractivity contribution in [2.45, 2.75) is 89.7 Å². The third-order valence-electron chi connectivity index (χ3n) is 8.75. The van der Waals surface area contributed by atoms with Crippen molar-refractivity contribution in [3.05, 3.63) is 23.3 Å². The van der Waals surface area contributed by atoms with Gasteiger partial charge in [-0.1, -0.05) is 37.1 Å². The van der Waals surface area contributed by atoms with E-state index in [0.717, 1.165) is 18.5 Å². The molecule has 4 fully saturated rings. The minimum absolute atomic E-state index is 0.269. The number of nitrogens with zero attached hydrogens (tertiary/aromatic N) is 1. The fourth-order valence-electron chi connectivity index (χ4n) is 7.27. The summed E-state index contributed by atoms with van der Waals surface area (Å²) in [7, 11) is 0. The van der Waals surface area contributed by atoms with Crippen molar-refractivity contribution in [2.24, 2.45) is 23.2 Å². The van der Waals surface area contributed by atoms with Gasteiger partial charge in [0.05, 0.1) is 18.3 Å². The molecule has 3 aliphatic carbocycles. The highest BCUT2D eigenvalue weighted by Crippen LogP contribution is 2.59. The third kappa shape index (κ3) is 6.03. The molecule has 1 saturated heterocycles. The summed E-state index contributed by atoms with van der Waals surface area (Å²) in [5.41, 5.74) is 2.93. The lowest BCUT2D eigenvalue weighted by Gasteiger charge is -2.47. The van der Waals surface area contributed by atoms with Crippen LogP contribution in [0.15, 0.2) is 23.3 Å². The molecule has 4 nitrogen and oxygen atoms in total. The van der Waals surface area contributed by atoms with Crippen LogP contribution in [0.2, 0.25) is 0 Å². The van der Waals surface area contributed by atoms with Gasteiger partial charge in [0.1, 0.15) is 6.61 Å². The minimum atomic E-state index is -4.25. The molecule has 2 N–H and O–H groups in total. The lowest BCUT2D eigenvalue weighted by atomic mass is 9.61. The number of aliphatic hydroxyl groups excluding tert-OH is 2. The second kappa shape index (κ2) is 10.00. The Labute approximate surface area is 195 Å². The molecule has 1 heterocycles. The van der Waals surface area contributed by atoms with Crippen LogP contribution in [0, 0.1) is 23.2 Å². The van der Waals surface area contributed by atoms with Crippen LogP contribution < -0.4 is 0 Å². The maximum Gasteiger partial charge on any atom is 0.411 e. The summed E-state index contributed by atoms with van der Waals surface area (Å²) in [6.45, 7) is 5.75. The summed E-state index contributed by atoms with van der Waals surface area (Å²) in [4.78, 5) is 2.24. The molecule has 0 bridgehead atoms. The van der Waals surface area contributed by atoms with E-state index >= 15 is 0 Å². The molecule has 188 valence electrons. The summed E-state index contributed by atoms with van der Waals surface area (Å²) in [5.74, 6) is 1.70. The fourth-order valence-corrected chi connectivity index (χ4v) is 7.27. The van der Waals surface area contributed by atoms with Crippen LogP contribution in [0.1, 0.15) is 65.2 Å². The van der Waals surface area contributed by atoms with Crippen LogP contribution in [0.25, 0.3) is 0 Å².